The van der Waals surface area contributed by atoms with E-state index in [0.717, 1.165) is 0 Å². The van der Waals surface area contributed by atoms with Crippen molar-refractivity contribution in [2.24, 2.45) is 11.7 Å². The summed E-state index contributed by atoms with van der Waals surface area (Å²) in [7, 11) is 0. The minimum absolute atomic E-state index is 0.147. The summed E-state index contributed by atoms with van der Waals surface area (Å²) in [6.07, 6.45) is -3.31. The van der Waals surface area contributed by atoms with E-state index in [1.54, 1.807) is 0 Å². The molecule has 0 bridgehead atoms. The normalized spacial score (nSPS) is 13.7. The number of nitriles is 1. The predicted molar refractivity (Wildman–Crippen MR) is 69.7 cm³/mol. The van der Waals surface area contributed by atoms with Crippen molar-refractivity contribution in [1.29, 1.82) is 5.26 Å². The Bertz CT molecular complexity index is 416. The van der Waals surface area contributed by atoms with Crippen LogP contribution in [0, 0.1) is 17.2 Å². The highest BCUT2D eigenvalue weighted by Crippen LogP contribution is 2.10. The van der Waals surface area contributed by atoms with Crippen LogP contribution in [0.5, 0.6) is 0 Å². The molecule has 112 valence electrons. The Morgan fingerprint density at radius 3 is 2.30 bits per heavy atom. The van der Waals surface area contributed by atoms with Crippen molar-refractivity contribution in [2.75, 3.05) is 0 Å². The van der Waals surface area contributed by atoms with Crippen molar-refractivity contribution in [2.45, 2.75) is 45.2 Å². The van der Waals surface area contributed by atoms with Crippen LogP contribution in [-0.2, 0) is 9.59 Å². The Morgan fingerprint density at radius 2 is 1.90 bits per heavy atom. The van der Waals surface area contributed by atoms with Crippen LogP contribution in [0.4, 0.5) is 8.78 Å². The second-order valence-corrected chi connectivity index (χ2v) is 4.88. The number of carbonyl (C=O) groups is 2. The van der Waals surface area contributed by atoms with Crippen LogP contribution in [0.2, 0.25) is 0 Å². The van der Waals surface area contributed by atoms with E-state index in [2.05, 4.69) is 11.9 Å². The smallest absolute Gasteiger partial charge is 0.241 e. The van der Waals surface area contributed by atoms with E-state index in [9.17, 15) is 18.4 Å². The number of hydrogen-bond acceptors (Lipinski definition) is 4. The molecule has 20 heavy (non-hydrogen) atoms. The molecule has 5 nitrogen and oxygen atoms in total. The van der Waals surface area contributed by atoms with E-state index < -0.39 is 42.2 Å². The Labute approximate surface area is 116 Å². The fraction of sp³-hybridized carbons (Fsp3) is 0.615. The lowest BCUT2D eigenvalue weighted by molar-refractivity contribution is -0.127. The molecule has 0 radical (unpaired) electrons. The molecule has 0 rings (SSSR count). The molecule has 0 heterocycles. The Morgan fingerprint density at radius 1 is 1.35 bits per heavy atom. The zero-order valence-corrected chi connectivity index (χ0v) is 11.5. The molecule has 0 aromatic heterocycles. The molecular weight excluding hydrogens is 268 g/mol. The highest BCUT2D eigenvalue weighted by Gasteiger charge is 2.28. The molecule has 0 saturated carbocycles. The molecule has 0 aliphatic carbocycles. The van der Waals surface area contributed by atoms with Gasteiger partial charge >= 0.3 is 0 Å². The largest absolute Gasteiger partial charge is 0.344 e. The van der Waals surface area contributed by atoms with Gasteiger partial charge in [-0.25, -0.2) is 8.78 Å². The van der Waals surface area contributed by atoms with Crippen molar-refractivity contribution in [3.63, 3.8) is 0 Å². The van der Waals surface area contributed by atoms with Crippen LogP contribution in [0.1, 0.15) is 26.7 Å². The third-order valence-electron chi connectivity index (χ3n) is 2.54. The summed E-state index contributed by atoms with van der Waals surface area (Å²) in [5.41, 5.74) is 5.13. The zero-order chi connectivity index (χ0) is 15.9. The summed E-state index contributed by atoms with van der Waals surface area (Å²) in [6, 6.07) is -0.888. The molecule has 1 amide bonds. The van der Waals surface area contributed by atoms with Gasteiger partial charge in [-0.05, 0) is 12.3 Å². The summed E-state index contributed by atoms with van der Waals surface area (Å²) in [5, 5.41) is 10.7. The van der Waals surface area contributed by atoms with Gasteiger partial charge in [-0.3, -0.25) is 9.59 Å². The van der Waals surface area contributed by atoms with Gasteiger partial charge in [0.15, 0.2) is 5.78 Å². The SMILES string of the molecule is C=C(C#N)C(=O)C(CC(F)F)NC(=O)C(N)CC(C)C. The number of Topliss-reactive ketones (excluding diaryl/α,β-unsaturated/α-hetero) is 1. The van der Waals surface area contributed by atoms with Crippen molar-refractivity contribution in [3.05, 3.63) is 12.2 Å². The van der Waals surface area contributed by atoms with Gasteiger partial charge in [-0.2, -0.15) is 5.26 Å². The number of nitrogens with two attached hydrogens (primary N) is 1. The molecule has 0 spiro atoms. The fourth-order valence-corrected chi connectivity index (χ4v) is 1.57. The summed E-state index contributed by atoms with van der Waals surface area (Å²) in [5.74, 6) is -1.46. The third kappa shape index (κ3) is 6.38. The van der Waals surface area contributed by atoms with Crippen LogP contribution in [-0.4, -0.2) is 30.2 Å². The molecule has 2 unspecified atom stereocenters. The number of nitrogens with one attached hydrogen (secondary N) is 1. The number of ketones is 1. The van der Waals surface area contributed by atoms with Gasteiger partial charge < -0.3 is 11.1 Å². The average Bonchev–Trinajstić information content (AvgIpc) is 2.34. The van der Waals surface area contributed by atoms with Gasteiger partial charge in [0, 0.05) is 6.42 Å². The molecule has 0 aromatic carbocycles. The quantitative estimate of drug-likeness (QED) is 0.517. The second-order valence-electron chi connectivity index (χ2n) is 4.88. The van der Waals surface area contributed by atoms with E-state index in [1.165, 1.54) is 6.07 Å². The van der Waals surface area contributed by atoms with E-state index >= 15 is 0 Å². The lowest BCUT2D eigenvalue weighted by atomic mass is 10.0. The summed E-state index contributed by atoms with van der Waals surface area (Å²) in [6.45, 7) is 6.87. The number of rotatable bonds is 8. The minimum atomic E-state index is -2.79. The van der Waals surface area contributed by atoms with E-state index in [1.807, 2.05) is 13.8 Å². The number of nitrogens with zero attached hydrogens (tertiary/aromatic N) is 1. The average molecular weight is 287 g/mol. The molecule has 2 atom stereocenters. The summed E-state index contributed by atoms with van der Waals surface area (Å²) < 4.78 is 24.9. The van der Waals surface area contributed by atoms with E-state index in [0.29, 0.717) is 6.42 Å². The number of halogens is 2. The highest BCUT2D eigenvalue weighted by molar-refractivity contribution is 6.04. The first-order valence-electron chi connectivity index (χ1n) is 6.16. The Hall–Kier alpha value is -1.81. The monoisotopic (exact) mass is 287 g/mol. The molecule has 0 aromatic rings. The third-order valence-corrected chi connectivity index (χ3v) is 2.54. The molecule has 7 heteroatoms. The highest BCUT2D eigenvalue weighted by atomic mass is 19.3. The molecule has 3 N–H and O–H groups in total. The maximum atomic E-state index is 12.4. The maximum absolute atomic E-state index is 12.4. The number of hydrogen-bond donors (Lipinski definition) is 2. The van der Waals surface area contributed by atoms with Crippen molar-refractivity contribution < 1.29 is 18.4 Å². The maximum Gasteiger partial charge on any atom is 0.241 e. The van der Waals surface area contributed by atoms with Gasteiger partial charge in [0.1, 0.15) is 6.07 Å². The Kier molecular flexibility index (Phi) is 7.62. The first-order chi connectivity index (χ1) is 9.18. The van der Waals surface area contributed by atoms with Crippen LogP contribution < -0.4 is 11.1 Å². The standard InChI is InChI=1S/C13H19F2N3O2/c1-7(2)4-9(17)13(20)18-10(5-11(14)15)12(19)8(3)6-16/h7,9-11H,3-5,17H2,1-2H3,(H,18,20). The Balaban J connectivity index is 4.82. The van der Waals surface area contributed by atoms with Gasteiger partial charge in [-0.1, -0.05) is 20.4 Å². The predicted octanol–water partition coefficient (Wildman–Crippen LogP) is 1.15. The van der Waals surface area contributed by atoms with Gasteiger partial charge in [-0.15, -0.1) is 0 Å². The number of carbonyl (C=O) groups excluding carboxylic acids is 2. The fourth-order valence-electron chi connectivity index (χ4n) is 1.57. The van der Waals surface area contributed by atoms with Crippen molar-refractivity contribution in [3.8, 4) is 6.07 Å². The summed E-state index contributed by atoms with van der Waals surface area (Å²) >= 11 is 0. The van der Waals surface area contributed by atoms with Crippen molar-refractivity contribution in [1.82, 2.24) is 5.32 Å². The topological polar surface area (TPSA) is 96.0 Å². The van der Waals surface area contributed by atoms with Gasteiger partial charge in [0.25, 0.3) is 0 Å². The van der Waals surface area contributed by atoms with Crippen LogP contribution in [0.3, 0.4) is 0 Å². The number of alkyl halides is 2. The van der Waals surface area contributed by atoms with Crippen molar-refractivity contribution >= 4 is 11.7 Å². The molecule has 0 saturated heterocycles. The lowest BCUT2D eigenvalue weighted by Crippen LogP contribution is -2.49. The second kappa shape index (κ2) is 8.38. The van der Waals surface area contributed by atoms with Gasteiger partial charge in [0.05, 0.1) is 17.7 Å². The molecule has 0 aliphatic rings. The zero-order valence-electron chi connectivity index (χ0n) is 11.5. The summed E-state index contributed by atoms with van der Waals surface area (Å²) in [4.78, 5) is 23.4. The first-order valence-corrected chi connectivity index (χ1v) is 6.16. The minimum Gasteiger partial charge on any atom is -0.344 e. The van der Waals surface area contributed by atoms with E-state index in [4.69, 9.17) is 11.0 Å². The molecule has 0 fully saturated rings. The van der Waals surface area contributed by atoms with E-state index in [-0.39, 0.29) is 5.92 Å². The lowest BCUT2D eigenvalue weighted by Gasteiger charge is -2.20. The first kappa shape index (κ1) is 18.2. The molecular formula is C13H19F2N3O2. The van der Waals surface area contributed by atoms with Crippen LogP contribution in [0.15, 0.2) is 12.2 Å². The van der Waals surface area contributed by atoms with Gasteiger partial charge in [0.2, 0.25) is 12.3 Å². The molecule has 0 aliphatic heterocycles. The van der Waals surface area contributed by atoms with Crippen LogP contribution in [0.25, 0.3) is 0 Å². The van der Waals surface area contributed by atoms with Crippen LogP contribution >= 0.6 is 0 Å². The number of amides is 1.